The standard InChI is InChI=1S/C13H16N4OS2/c1-3-16(4-2)10(9-6-5-7-19-9)11-12(18)17-13(20-11)14-8-15-17/h5-8,10,18H,3-4H2,1-2H3. The summed E-state index contributed by atoms with van der Waals surface area (Å²) < 4.78 is 1.50. The summed E-state index contributed by atoms with van der Waals surface area (Å²) in [5.74, 6) is 0.202. The minimum Gasteiger partial charge on any atom is -0.492 e. The van der Waals surface area contributed by atoms with Gasteiger partial charge in [0.25, 0.3) is 0 Å². The molecule has 3 aromatic heterocycles. The lowest BCUT2D eigenvalue weighted by Gasteiger charge is -2.27. The van der Waals surface area contributed by atoms with Crippen LogP contribution in [0.2, 0.25) is 0 Å². The molecule has 5 nitrogen and oxygen atoms in total. The van der Waals surface area contributed by atoms with Crippen molar-refractivity contribution in [1.29, 1.82) is 0 Å². The summed E-state index contributed by atoms with van der Waals surface area (Å²) in [7, 11) is 0. The third-order valence-corrected chi connectivity index (χ3v) is 5.39. The highest BCUT2D eigenvalue weighted by Gasteiger charge is 2.28. The number of thiazole rings is 1. The molecule has 0 aliphatic rings. The van der Waals surface area contributed by atoms with Crippen molar-refractivity contribution < 1.29 is 5.11 Å². The molecule has 0 radical (unpaired) electrons. The van der Waals surface area contributed by atoms with Gasteiger partial charge in [0.15, 0.2) is 0 Å². The van der Waals surface area contributed by atoms with Gasteiger partial charge in [-0.2, -0.15) is 9.61 Å². The van der Waals surface area contributed by atoms with Crippen LogP contribution in [0, 0.1) is 0 Å². The van der Waals surface area contributed by atoms with Crippen molar-refractivity contribution in [3.8, 4) is 5.88 Å². The van der Waals surface area contributed by atoms with E-state index in [0.29, 0.717) is 0 Å². The fourth-order valence-corrected chi connectivity index (χ4v) is 4.41. The summed E-state index contributed by atoms with van der Waals surface area (Å²) >= 11 is 3.21. The van der Waals surface area contributed by atoms with E-state index in [2.05, 4.69) is 40.3 Å². The lowest BCUT2D eigenvalue weighted by atomic mass is 10.1. The van der Waals surface area contributed by atoms with E-state index in [1.54, 1.807) is 11.3 Å². The van der Waals surface area contributed by atoms with Crippen molar-refractivity contribution in [2.24, 2.45) is 0 Å². The van der Waals surface area contributed by atoms with Crippen LogP contribution < -0.4 is 0 Å². The zero-order valence-corrected chi connectivity index (χ0v) is 13.0. The minimum atomic E-state index is 0.0681. The van der Waals surface area contributed by atoms with Gasteiger partial charge in [-0.15, -0.1) is 11.3 Å². The lowest BCUT2D eigenvalue weighted by Crippen LogP contribution is -2.28. The first-order valence-electron chi connectivity index (χ1n) is 6.55. The summed E-state index contributed by atoms with van der Waals surface area (Å²) in [5, 5.41) is 16.6. The van der Waals surface area contributed by atoms with Crippen LogP contribution >= 0.6 is 22.7 Å². The van der Waals surface area contributed by atoms with Crippen LogP contribution in [0.5, 0.6) is 5.88 Å². The number of hydrogen-bond donors (Lipinski definition) is 1. The van der Waals surface area contributed by atoms with Crippen LogP contribution in [-0.4, -0.2) is 37.7 Å². The first kappa shape index (κ1) is 13.5. The van der Waals surface area contributed by atoms with Crippen molar-refractivity contribution in [2.45, 2.75) is 19.9 Å². The lowest BCUT2D eigenvalue weighted by molar-refractivity contribution is 0.251. The van der Waals surface area contributed by atoms with Crippen molar-refractivity contribution >= 4 is 27.6 Å². The number of thiophene rings is 1. The predicted octanol–water partition coefficient (Wildman–Crippen LogP) is 2.99. The Morgan fingerprint density at radius 3 is 2.80 bits per heavy atom. The molecule has 106 valence electrons. The molecule has 3 rings (SSSR count). The van der Waals surface area contributed by atoms with Gasteiger partial charge in [0, 0.05) is 4.88 Å². The van der Waals surface area contributed by atoms with Crippen molar-refractivity contribution in [2.75, 3.05) is 13.1 Å². The molecular weight excluding hydrogens is 292 g/mol. The highest BCUT2D eigenvalue weighted by Crippen LogP contribution is 2.40. The average molecular weight is 308 g/mol. The Morgan fingerprint density at radius 1 is 1.40 bits per heavy atom. The molecule has 1 unspecified atom stereocenters. The van der Waals surface area contributed by atoms with E-state index in [1.165, 1.54) is 27.1 Å². The summed E-state index contributed by atoms with van der Waals surface area (Å²) in [4.78, 5) is 9.37. The average Bonchev–Trinajstić information content (AvgIpc) is 3.16. The Bertz CT molecular complexity index is 684. The number of aromatic nitrogens is 3. The van der Waals surface area contributed by atoms with Crippen molar-refractivity contribution in [3.05, 3.63) is 33.6 Å². The first-order valence-corrected chi connectivity index (χ1v) is 8.24. The molecule has 20 heavy (non-hydrogen) atoms. The van der Waals surface area contributed by atoms with Gasteiger partial charge >= 0.3 is 0 Å². The monoisotopic (exact) mass is 308 g/mol. The zero-order chi connectivity index (χ0) is 14.1. The van der Waals surface area contributed by atoms with Crippen molar-refractivity contribution in [3.63, 3.8) is 0 Å². The fourth-order valence-electron chi connectivity index (χ4n) is 2.38. The normalized spacial score (nSPS) is 13.3. The fraction of sp³-hybridized carbons (Fsp3) is 0.385. The summed E-state index contributed by atoms with van der Waals surface area (Å²) in [6, 6.07) is 4.23. The maximum Gasteiger partial charge on any atom is 0.230 e. The van der Waals surface area contributed by atoms with E-state index in [9.17, 15) is 5.11 Å². The third kappa shape index (κ3) is 2.11. The first-order chi connectivity index (χ1) is 9.76. The maximum absolute atomic E-state index is 10.4. The van der Waals surface area contributed by atoms with Gasteiger partial charge in [-0.05, 0) is 24.5 Å². The minimum absolute atomic E-state index is 0.0681. The van der Waals surface area contributed by atoms with Crippen LogP contribution in [0.4, 0.5) is 0 Å². The van der Waals surface area contributed by atoms with Crippen LogP contribution in [0.3, 0.4) is 0 Å². The molecule has 1 atom stereocenters. The molecule has 0 amide bonds. The van der Waals surface area contributed by atoms with Crippen LogP contribution in [-0.2, 0) is 0 Å². The third-order valence-electron chi connectivity index (χ3n) is 3.38. The molecule has 3 aromatic rings. The van der Waals surface area contributed by atoms with Gasteiger partial charge in [-0.3, -0.25) is 4.90 Å². The molecule has 3 heterocycles. The Balaban J connectivity index is 2.13. The highest BCUT2D eigenvalue weighted by molar-refractivity contribution is 7.17. The molecule has 0 aliphatic carbocycles. The second-order valence-corrected chi connectivity index (χ2v) is 6.37. The molecule has 7 heteroatoms. The van der Waals surface area contributed by atoms with E-state index in [1.807, 2.05) is 6.07 Å². The van der Waals surface area contributed by atoms with Gasteiger partial charge in [-0.1, -0.05) is 31.3 Å². The highest BCUT2D eigenvalue weighted by atomic mass is 32.1. The van der Waals surface area contributed by atoms with E-state index in [4.69, 9.17) is 0 Å². The van der Waals surface area contributed by atoms with Gasteiger partial charge in [0.1, 0.15) is 6.33 Å². The summed E-state index contributed by atoms with van der Waals surface area (Å²) in [6.45, 7) is 6.12. The van der Waals surface area contributed by atoms with Crippen molar-refractivity contribution in [1.82, 2.24) is 19.5 Å². The van der Waals surface area contributed by atoms with E-state index in [-0.39, 0.29) is 11.9 Å². The molecule has 1 N–H and O–H groups in total. The number of hydrogen-bond acceptors (Lipinski definition) is 6. The quantitative estimate of drug-likeness (QED) is 0.787. The van der Waals surface area contributed by atoms with E-state index in [0.717, 1.165) is 22.9 Å². The van der Waals surface area contributed by atoms with E-state index >= 15 is 0 Å². The molecular formula is C13H16N4OS2. The van der Waals surface area contributed by atoms with Crippen LogP contribution in [0.15, 0.2) is 23.8 Å². The second-order valence-electron chi connectivity index (χ2n) is 4.38. The molecule has 0 aliphatic heterocycles. The Kier molecular flexibility index (Phi) is 3.73. The molecule has 0 saturated heterocycles. The van der Waals surface area contributed by atoms with Crippen LogP contribution in [0.1, 0.15) is 29.6 Å². The second kappa shape index (κ2) is 5.51. The van der Waals surface area contributed by atoms with Gasteiger partial charge in [0.2, 0.25) is 10.8 Å². The van der Waals surface area contributed by atoms with Crippen LogP contribution in [0.25, 0.3) is 4.96 Å². The Hall–Kier alpha value is -1.44. The summed E-state index contributed by atoms with van der Waals surface area (Å²) in [6.07, 6.45) is 1.47. The number of aromatic hydroxyl groups is 1. The Labute approximate surface area is 125 Å². The largest absolute Gasteiger partial charge is 0.492 e. The molecule has 0 bridgehead atoms. The predicted molar refractivity (Wildman–Crippen MR) is 81.6 cm³/mol. The molecule has 0 saturated carbocycles. The number of fused-ring (bicyclic) bond motifs is 1. The SMILES string of the molecule is CCN(CC)C(c1cccs1)c1sc2ncnn2c1O. The Morgan fingerprint density at radius 2 is 2.20 bits per heavy atom. The van der Waals surface area contributed by atoms with Gasteiger partial charge in [-0.25, -0.2) is 4.98 Å². The van der Waals surface area contributed by atoms with Gasteiger partial charge in [0.05, 0.1) is 10.9 Å². The smallest absolute Gasteiger partial charge is 0.230 e. The van der Waals surface area contributed by atoms with E-state index < -0.39 is 0 Å². The molecule has 0 aromatic carbocycles. The number of rotatable bonds is 5. The van der Waals surface area contributed by atoms with Gasteiger partial charge < -0.3 is 5.11 Å². The number of nitrogens with zero attached hydrogens (tertiary/aromatic N) is 4. The molecule has 0 fully saturated rings. The zero-order valence-electron chi connectivity index (χ0n) is 11.4. The topological polar surface area (TPSA) is 53.7 Å². The molecule has 0 spiro atoms. The summed E-state index contributed by atoms with van der Waals surface area (Å²) in [5.41, 5.74) is 0. The maximum atomic E-state index is 10.4.